The molecule has 0 aliphatic carbocycles. The van der Waals surface area contributed by atoms with Crippen LogP contribution in [0.2, 0.25) is 19.6 Å². The van der Waals surface area contributed by atoms with Crippen molar-refractivity contribution in [2.75, 3.05) is 0 Å². The molecule has 2 nitrogen and oxygen atoms in total. The number of hydrogen-bond donors (Lipinski definition) is 2. The molecular weight excluding hydrogens is 262 g/mol. The Morgan fingerprint density at radius 3 is 2.15 bits per heavy atom. The first kappa shape index (κ1) is 14.8. The van der Waals surface area contributed by atoms with Gasteiger partial charge in [-0.1, -0.05) is 67.3 Å². The lowest BCUT2D eigenvalue weighted by Gasteiger charge is -2.16. The summed E-state index contributed by atoms with van der Waals surface area (Å²) in [4.78, 5) is 0. The summed E-state index contributed by atoms with van der Waals surface area (Å²) in [6, 6.07) is 16.4. The smallest absolute Gasteiger partial charge is 0.120 e. The van der Waals surface area contributed by atoms with Crippen LogP contribution in [-0.2, 0) is 13.1 Å². The number of aromatic hydroxyl groups is 1. The van der Waals surface area contributed by atoms with Gasteiger partial charge in [-0.15, -0.1) is 0 Å². The van der Waals surface area contributed by atoms with E-state index in [9.17, 15) is 5.11 Å². The monoisotopic (exact) mass is 285 g/mol. The third-order valence-electron chi connectivity index (χ3n) is 3.46. The molecule has 0 heterocycles. The minimum Gasteiger partial charge on any atom is -0.508 e. The molecule has 0 unspecified atom stereocenters. The van der Waals surface area contributed by atoms with E-state index in [0.717, 1.165) is 12.1 Å². The number of benzene rings is 2. The van der Waals surface area contributed by atoms with E-state index in [4.69, 9.17) is 0 Å². The molecule has 0 aliphatic rings. The molecule has 0 bridgehead atoms. The topological polar surface area (TPSA) is 32.3 Å². The van der Waals surface area contributed by atoms with Crippen molar-refractivity contribution in [1.29, 1.82) is 0 Å². The number of nitrogens with one attached hydrogen (secondary N) is 1. The Morgan fingerprint density at radius 1 is 0.900 bits per heavy atom. The molecule has 2 rings (SSSR count). The summed E-state index contributed by atoms with van der Waals surface area (Å²) >= 11 is 0. The van der Waals surface area contributed by atoms with Crippen molar-refractivity contribution in [2.45, 2.75) is 32.7 Å². The van der Waals surface area contributed by atoms with E-state index in [0.29, 0.717) is 12.3 Å². The molecule has 0 atom stereocenters. The predicted molar refractivity (Wildman–Crippen MR) is 88.1 cm³/mol. The van der Waals surface area contributed by atoms with Gasteiger partial charge in [0, 0.05) is 18.7 Å². The zero-order valence-corrected chi connectivity index (χ0v) is 13.5. The van der Waals surface area contributed by atoms with Gasteiger partial charge in [0.05, 0.1) is 8.07 Å². The average Bonchev–Trinajstić information content (AvgIpc) is 2.40. The van der Waals surface area contributed by atoms with Crippen LogP contribution >= 0.6 is 0 Å². The minimum atomic E-state index is -1.20. The van der Waals surface area contributed by atoms with E-state index >= 15 is 0 Å². The standard InChI is InChI=1S/C17H23NOSi/c1-20(2,3)16-10-8-14(9-11-16)12-18-13-15-6-4-5-7-17(15)19/h4-11,18-19H,12-13H2,1-3H3. The zero-order valence-electron chi connectivity index (χ0n) is 12.5. The lowest BCUT2D eigenvalue weighted by atomic mass is 10.2. The van der Waals surface area contributed by atoms with E-state index in [-0.39, 0.29) is 0 Å². The summed E-state index contributed by atoms with van der Waals surface area (Å²) in [7, 11) is -1.20. The van der Waals surface area contributed by atoms with Crippen molar-refractivity contribution < 1.29 is 5.11 Å². The van der Waals surface area contributed by atoms with E-state index in [2.05, 4.69) is 49.2 Å². The number of rotatable bonds is 5. The first-order chi connectivity index (χ1) is 9.47. The first-order valence-electron chi connectivity index (χ1n) is 7.04. The maximum absolute atomic E-state index is 9.70. The SMILES string of the molecule is C[Si](C)(C)c1ccc(CNCc2ccccc2O)cc1. The molecule has 0 radical (unpaired) electrons. The fourth-order valence-electron chi connectivity index (χ4n) is 2.12. The third-order valence-corrected chi connectivity index (χ3v) is 5.52. The van der Waals surface area contributed by atoms with Gasteiger partial charge in [0.2, 0.25) is 0 Å². The molecule has 2 aromatic carbocycles. The summed E-state index contributed by atoms with van der Waals surface area (Å²) in [6.07, 6.45) is 0. The molecule has 20 heavy (non-hydrogen) atoms. The van der Waals surface area contributed by atoms with Gasteiger partial charge in [-0.25, -0.2) is 0 Å². The van der Waals surface area contributed by atoms with Crippen molar-refractivity contribution in [3.63, 3.8) is 0 Å². The fourth-order valence-corrected chi connectivity index (χ4v) is 3.29. The number of hydrogen-bond acceptors (Lipinski definition) is 2. The van der Waals surface area contributed by atoms with E-state index in [1.807, 2.05) is 18.2 Å². The molecule has 106 valence electrons. The van der Waals surface area contributed by atoms with Crippen LogP contribution in [0.4, 0.5) is 0 Å². The van der Waals surface area contributed by atoms with Gasteiger partial charge in [-0.3, -0.25) is 0 Å². The number of phenolic OH excluding ortho intramolecular Hbond substituents is 1. The second-order valence-electron chi connectivity index (χ2n) is 6.18. The molecule has 0 saturated carbocycles. The molecule has 2 aromatic rings. The molecule has 2 N–H and O–H groups in total. The third kappa shape index (κ3) is 3.95. The summed E-state index contributed by atoms with van der Waals surface area (Å²) in [5.41, 5.74) is 2.22. The quantitative estimate of drug-likeness (QED) is 0.827. The van der Waals surface area contributed by atoms with E-state index in [1.165, 1.54) is 10.8 Å². The highest BCUT2D eigenvalue weighted by molar-refractivity contribution is 6.88. The summed E-state index contributed by atoms with van der Waals surface area (Å²) in [6.45, 7) is 8.58. The van der Waals surface area contributed by atoms with Gasteiger partial charge in [0.15, 0.2) is 0 Å². The van der Waals surface area contributed by atoms with Crippen molar-refractivity contribution in [1.82, 2.24) is 5.32 Å². The van der Waals surface area contributed by atoms with E-state index < -0.39 is 8.07 Å². The molecule has 0 saturated heterocycles. The maximum Gasteiger partial charge on any atom is 0.120 e. The highest BCUT2D eigenvalue weighted by Crippen LogP contribution is 2.15. The molecule has 3 heteroatoms. The first-order valence-corrected chi connectivity index (χ1v) is 10.5. The van der Waals surface area contributed by atoms with Gasteiger partial charge in [0.1, 0.15) is 5.75 Å². The van der Waals surface area contributed by atoms with Crippen molar-refractivity contribution >= 4 is 13.3 Å². The number of para-hydroxylation sites is 1. The normalized spacial score (nSPS) is 11.6. The molecule has 0 fully saturated rings. The van der Waals surface area contributed by atoms with Gasteiger partial charge in [-0.05, 0) is 11.6 Å². The second-order valence-corrected chi connectivity index (χ2v) is 11.3. The molecule has 0 aromatic heterocycles. The Kier molecular flexibility index (Phi) is 4.63. The van der Waals surface area contributed by atoms with Crippen LogP contribution in [0.25, 0.3) is 0 Å². The fraction of sp³-hybridized carbons (Fsp3) is 0.294. The maximum atomic E-state index is 9.70. The molecule has 0 amide bonds. The minimum absolute atomic E-state index is 0.356. The largest absolute Gasteiger partial charge is 0.508 e. The van der Waals surface area contributed by atoms with Crippen LogP contribution in [0.1, 0.15) is 11.1 Å². The molecule has 0 aliphatic heterocycles. The Morgan fingerprint density at radius 2 is 1.55 bits per heavy atom. The van der Waals surface area contributed by atoms with Crippen LogP contribution in [0, 0.1) is 0 Å². The average molecular weight is 285 g/mol. The zero-order chi connectivity index (χ0) is 14.6. The van der Waals surface area contributed by atoms with Crippen LogP contribution in [0.15, 0.2) is 48.5 Å². The van der Waals surface area contributed by atoms with Gasteiger partial charge < -0.3 is 10.4 Å². The Labute approximate surface area is 122 Å². The lowest BCUT2D eigenvalue weighted by Crippen LogP contribution is -2.37. The van der Waals surface area contributed by atoms with Crippen LogP contribution < -0.4 is 10.5 Å². The number of phenols is 1. The molecular formula is C17H23NOSi. The van der Waals surface area contributed by atoms with Crippen molar-refractivity contribution in [2.24, 2.45) is 0 Å². The van der Waals surface area contributed by atoms with Gasteiger partial charge in [0.25, 0.3) is 0 Å². The summed E-state index contributed by atoms with van der Waals surface area (Å²) < 4.78 is 0. The predicted octanol–water partition coefficient (Wildman–Crippen LogP) is 3.23. The Balaban J connectivity index is 1.90. The highest BCUT2D eigenvalue weighted by Gasteiger charge is 2.15. The summed E-state index contributed by atoms with van der Waals surface area (Å²) in [5, 5.41) is 14.6. The van der Waals surface area contributed by atoms with Crippen LogP contribution in [-0.4, -0.2) is 13.2 Å². The summed E-state index contributed by atoms with van der Waals surface area (Å²) in [5.74, 6) is 0.356. The van der Waals surface area contributed by atoms with Crippen LogP contribution in [0.3, 0.4) is 0 Å². The van der Waals surface area contributed by atoms with E-state index in [1.54, 1.807) is 6.07 Å². The lowest BCUT2D eigenvalue weighted by molar-refractivity contribution is 0.464. The molecule has 0 spiro atoms. The van der Waals surface area contributed by atoms with Gasteiger partial charge >= 0.3 is 0 Å². The van der Waals surface area contributed by atoms with Crippen LogP contribution in [0.5, 0.6) is 5.75 Å². The van der Waals surface area contributed by atoms with Crippen molar-refractivity contribution in [3.05, 3.63) is 59.7 Å². The second kappa shape index (κ2) is 6.24. The van der Waals surface area contributed by atoms with Crippen molar-refractivity contribution in [3.8, 4) is 5.75 Å². The Bertz CT molecular complexity index is 558. The Hall–Kier alpha value is -1.58. The highest BCUT2D eigenvalue weighted by atomic mass is 28.3. The van der Waals surface area contributed by atoms with Gasteiger partial charge in [-0.2, -0.15) is 0 Å².